The fourth-order valence-electron chi connectivity index (χ4n) is 3.34. The van der Waals surface area contributed by atoms with Crippen molar-refractivity contribution in [2.24, 2.45) is 10.7 Å². The highest BCUT2D eigenvalue weighted by Crippen LogP contribution is 2.26. The maximum atomic E-state index is 10.9. The molecule has 1 unspecified atom stereocenters. The molecule has 0 bridgehead atoms. The fourth-order valence-corrected chi connectivity index (χ4v) is 3.61. The molecule has 2 rings (SSSR count). The number of nitrogens with one attached hydrogen (secondary N) is 2. The second kappa shape index (κ2) is 12.8. The molecular weight excluding hydrogens is 414 g/mol. The Bertz CT molecular complexity index is 871. The van der Waals surface area contributed by atoms with Crippen LogP contribution in [0.25, 0.3) is 0 Å². The summed E-state index contributed by atoms with van der Waals surface area (Å²) in [5, 5.41) is 7.49. The number of halogens is 1. The molecular formula is C23H32ClN5O2. The van der Waals surface area contributed by atoms with Gasteiger partial charge in [0.15, 0.2) is 12.6 Å². The van der Waals surface area contributed by atoms with Gasteiger partial charge in [-0.25, -0.2) is 0 Å². The molecule has 0 heterocycles. The van der Waals surface area contributed by atoms with Gasteiger partial charge in [-0.2, -0.15) is 0 Å². The number of hydrogen-bond donors (Lipinski definition) is 3. The number of ether oxygens (including phenoxy) is 1. The number of guanidine groups is 1. The fraction of sp³-hybridized carbons (Fsp3) is 0.391. The van der Waals surface area contributed by atoms with E-state index >= 15 is 0 Å². The standard InChI is InChI=1S/C23H32ClN5O2/c1-4-29(5-2)21(19-11-6-7-12-20(19)24)15-28-23(26-3)27-14-17-9-8-10-18(13-17)31-16-22(25)30/h6-13,21H,4-5,14-16H2,1-3H3,(H2,25,30)(H2,26,27,28). The third-order valence-corrected chi connectivity index (χ3v) is 5.29. The first kappa shape index (κ1) is 24.5. The van der Waals surface area contributed by atoms with Crippen molar-refractivity contribution in [1.29, 1.82) is 0 Å². The van der Waals surface area contributed by atoms with Crippen molar-refractivity contribution in [3.05, 3.63) is 64.7 Å². The highest BCUT2D eigenvalue weighted by Gasteiger charge is 2.20. The number of hydrogen-bond acceptors (Lipinski definition) is 4. The molecule has 0 saturated carbocycles. The number of carbonyl (C=O) groups is 1. The topological polar surface area (TPSA) is 92.0 Å². The summed E-state index contributed by atoms with van der Waals surface area (Å²) in [4.78, 5) is 17.6. The SMILES string of the molecule is CCN(CC)C(CNC(=NC)NCc1cccc(OCC(N)=O)c1)c1ccccc1Cl. The van der Waals surface area contributed by atoms with Crippen molar-refractivity contribution in [2.45, 2.75) is 26.4 Å². The van der Waals surface area contributed by atoms with Crippen LogP contribution in [-0.4, -0.2) is 50.1 Å². The van der Waals surface area contributed by atoms with E-state index in [0.29, 0.717) is 24.8 Å². The van der Waals surface area contributed by atoms with Crippen molar-refractivity contribution in [3.63, 3.8) is 0 Å². The van der Waals surface area contributed by atoms with Crippen LogP contribution in [0.2, 0.25) is 5.02 Å². The number of aliphatic imine (C=N–C) groups is 1. The molecule has 0 aromatic heterocycles. The average Bonchev–Trinajstić information content (AvgIpc) is 2.78. The van der Waals surface area contributed by atoms with Crippen LogP contribution in [0, 0.1) is 0 Å². The third-order valence-electron chi connectivity index (χ3n) is 4.94. The van der Waals surface area contributed by atoms with Gasteiger partial charge in [0, 0.05) is 25.2 Å². The maximum Gasteiger partial charge on any atom is 0.255 e. The number of nitrogens with zero attached hydrogens (tertiary/aromatic N) is 2. The van der Waals surface area contributed by atoms with E-state index in [1.807, 2.05) is 36.4 Å². The maximum absolute atomic E-state index is 10.9. The predicted octanol–water partition coefficient (Wildman–Crippen LogP) is 2.95. The van der Waals surface area contributed by atoms with Crippen LogP contribution in [0.4, 0.5) is 0 Å². The summed E-state index contributed by atoms with van der Waals surface area (Å²) in [5.41, 5.74) is 7.22. The van der Waals surface area contributed by atoms with Crippen molar-refractivity contribution in [3.8, 4) is 5.75 Å². The number of nitrogens with two attached hydrogens (primary N) is 1. The molecule has 1 atom stereocenters. The second-order valence-corrected chi connectivity index (χ2v) is 7.37. The van der Waals surface area contributed by atoms with Crippen molar-refractivity contribution in [2.75, 3.05) is 33.3 Å². The van der Waals surface area contributed by atoms with E-state index in [2.05, 4.69) is 40.4 Å². The lowest BCUT2D eigenvalue weighted by Crippen LogP contribution is -2.43. The summed E-state index contributed by atoms with van der Waals surface area (Å²) < 4.78 is 5.37. The van der Waals surface area contributed by atoms with Gasteiger partial charge >= 0.3 is 0 Å². The molecule has 0 aliphatic heterocycles. The van der Waals surface area contributed by atoms with Crippen molar-refractivity contribution >= 4 is 23.5 Å². The highest BCUT2D eigenvalue weighted by atomic mass is 35.5. The number of primary amides is 1. The predicted molar refractivity (Wildman–Crippen MR) is 126 cm³/mol. The van der Waals surface area contributed by atoms with Crippen LogP contribution in [0.3, 0.4) is 0 Å². The van der Waals surface area contributed by atoms with Crippen LogP contribution in [0.5, 0.6) is 5.75 Å². The summed E-state index contributed by atoms with van der Waals surface area (Å²) >= 11 is 6.49. The van der Waals surface area contributed by atoms with Gasteiger partial charge < -0.3 is 21.1 Å². The average molecular weight is 446 g/mol. The summed E-state index contributed by atoms with van der Waals surface area (Å²) in [7, 11) is 1.74. The zero-order valence-electron chi connectivity index (χ0n) is 18.4. The molecule has 8 heteroatoms. The minimum absolute atomic E-state index is 0.118. The van der Waals surface area contributed by atoms with E-state index in [4.69, 9.17) is 22.1 Å². The van der Waals surface area contributed by atoms with Crippen LogP contribution < -0.4 is 21.1 Å². The summed E-state index contributed by atoms with van der Waals surface area (Å²) in [6.45, 7) is 7.19. The number of likely N-dealkylation sites (N-methyl/N-ethyl adjacent to an activating group) is 1. The Hall–Kier alpha value is -2.77. The van der Waals surface area contributed by atoms with E-state index in [0.717, 1.165) is 29.2 Å². The zero-order valence-corrected chi connectivity index (χ0v) is 19.2. The molecule has 0 aliphatic rings. The van der Waals surface area contributed by atoms with Gasteiger partial charge in [-0.15, -0.1) is 0 Å². The monoisotopic (exact) mass is 445 g/mol. The zero-order chi connectivity index (χ0) is 22.6. The van der Waals surface area contributed by atoms with E-state index in [1.54, 1.807) is 13.1 Å². The van der Waals surface area contributed by atoms with Gasteiger partial charge in [-0.3, -0.25) is 14.7 Å². The second-order valence-electron chi connectivity index (χ2n) is 6.97. The Labute approximate surface area is 189 Å². The number of carbonyl (C=O) groups excluding carboxylic acids is 1. The first-order valence-corrected chi connectivity index (χ1v) is 10.8. The Morgan fingerprint density at radius 1 is 1.16 bits per heavy atom. The van der Waals surface area contributed by atoms with Gasteiger partial charge in [0.1, 0.15) is 5.75 Å². The lowest BCUT2D eigenvalue weighted by Gasteiger charge is -2.31. The molecule has 31 heavy (non-hydrogen) atoms. The molecule has 1 amide bonds. The molecule has 2 aromatic rings. The van der Waals surface area contributed by atoms with E-state index in [9.17, 15) is 4.79 Å². The Balaban J connectivity index is 2.01. The van der Waals surface area contributed by atoms with Gasteiger partial charge in [-0.05, 0) is 42.4 Å². The van der Waals surface area contributed by atoms with Gasteiger partial charge in [0.2, 0.25) is 0 Å². The molecule has 0 spiro atoms. The molecule has 7 nitrogen and oxygen atoms in total. The lowest BCUT2D eigenvalue weighted by atomic mass is 10.0. The van der Waals surface area contributed by atoms with Gasteiger partial charge in [0.05, 0.1) is 6.04 Å². The Kier molecular flexibility index (Phi) is 10.1. The Morgan fingerprint density at radius 2 is 1.90 bits per heavy atom. The molecule has 0 radical (unpaired) electrons. The van der Waals surface area contributed by atoms with E-state index in [-0.39, 0.29) is 12.6 Å². The summed E-state index contributed by atoms with van der Waals surface area (Å²) in [6.07, 6.45) is 0. The summed E-state index contributed by atoms with van der Waals surface area (Å²) in [5.74, 6) is 0.781. The highest BCUT2D eigenvalue weighted by molar-refractivity contribution is 6.31. The van der Waals surface area contributed by atoms with Gasteiger partial charge in [0.25, 0.3) is 5.91 Å². The number of amides is 1. The molecule has 0 aliphatic carbocycles. The largest absolute Gasteiger partial charge is 0.484 e. The molecule has 0 saturated heterocycles. The third kappa shape index (κ3) is 7.77. The van der Waals surface area contributed by atoms with Crippen LogP contribution in [0.15, 0.2) is 53.5 Å². The smallest absolute Gasteiger partial charge is 0.255 e. The summed E-state index contributed by atoms with van der Waals surface area (Å²) in [6, 6.07) is 15.6. The minimum Gasteiger partial charge on any atom is -0.484 e. The molecule has 168 valence electrons. The first-order valence-electron chi connectivity index (χ1n) is 10.4. The van der Waals surface area contributed by atoms with Gasteiger partial charge in [-0.1, -0.05) is 55.8 Å². The van der Waals surface area contributed by atoms with Crippen LogP contribution in [0.1, 0.15) is 31.0 Å². The van der Waals surface area contributed by atoms with Crippen molar-refractivity contribution in [1.82, 2.24) is 15.5 Å². The normalized spacial score (nSPS) is 12.5. The number of benzene rings is 2. The molecule has 2 aromatic carbocycles. The van der Waals surface area contributed by atoms with Crippen LogP contribution in [-0.2, 0) is 11.3 Å². The van der Waals surface area contributed by atoms with Crippen molar-refractivity contribution < 1.29 is 9.53 Å². The van der Waals surface area contributed by atoms with E-state index < -0.39 is 5.91 Å². The molecule has 0 fully saturated rings. The Morgan fingerprint density at radius 3 is 2.55 bits per heavy atom. The molecule has 4 N–H and O–H groups in total. The quantitative estimate of drug-likeness (QED) is 0.365. The lowest BCUT2D eigenvalue weighted by molar-refractivity contribution is -0.119. The number of rotatable bonds is 11. The first-order chi connectivity index (χ1) is 15.0. The van der Waals surface area contributed by atoms with E-state index in [1.165, 1.54) is 0 Å². The van der Waals surface area contributed by atoms with Crippen LogP contribution >= 0.6 is 11.6 Å². The minimum atomic E-state index is -0.505.